The summed E-state index contributed by atoms with van der Waals surface area (Å²) < 4.78 is 33.8. The zero-order chi connectivity index (χ0) is 14.8. The van der Waals surface area contributed by atoms with E-state index in [1.807, 2.05) is 6.92 Å². The maximum Gasteiger partial charge on any atom is 0.244 e. The van der Waals surface area contributed by atoms with Crippen LogP contribution in [-0.2, 0) is 28.4 Å². The van der Waals surface area contributed by atoms with Gasteiger partial charge < -0.3 is 14.4 Å². The number of hydrogen-bond donors (Lipinski definition) is 1. The number of piperidine rings is 1. The maximum absolute atomic E-state index is 12.6. The summed E-state index contributed by atoms with van der Waals surface area (Å²) in [7, 11) is -1.78. The van der Waals surface area contributed by atoms with E-state index in [1.165, 1.54) is 10.4 Å². The molecule has 0 aromatic carbocycles. The fourth-order valence-electron chi connectivity index (χ4n) is 2.52. The van der Waals surface area contributed by atoms with Crippen LogP contribution in [0.2, 0.25) is 0 Å². The Bertz CT molecular complexity index is 551. The van der Waals surface area contributed by atoms with E-state index < -0.39 is 10.0 Å². The summed E-state index contributed by atoms with van der Waals surface area (Å²) in [6, 6.07) is 1.53. The smallest absolute Gasteiger partial charge is 0.244 e. The van der Waals surface area contributed by atoms with Crippen molar-refractivity contribution in [2.45, 2.75) is 37.4 Å². The van der Waals surface area contributed by atoms with Gasteiger partial charge in [0.05, 0.1) is 12.7 Å². The molecule has 0 spiro atoms. The zero-order valence-electron chi connectivity index (χ0n) is 11.9. The standard InChI is InChI=1S/C13H22N2O4S/c1-3-19-12-5-4-6-15(8-12)20(17,18)13-7-11(10-16)14(2)9-13/h7,9,12,16H,3-6,8,10H2,1-2H3. The second-order valence-corrected chi connectivity index (χ2v) is 6.96. The van der Waals surface area contributed by atoms with Crippen LogP contribution in [0.1, 0.15) is 25.5 Å². The summed E-state index contributed by atoms with van der Waals surface area (Å²) in [5.41, 5.74) is 0.585. The molecule has 1 aromatic rings. The van der Waals surface area contributed by atoms with Crippen LogP contribution < -0.4 is 0 Å². The third kappa shape index (κ3) is 3.06. The monoisotopic (exact) mass is 302 g/mol. The molecule has 1 aliphatic heterocycles. The number of aliphatic hydroxyl groups is 1. The van der Waals surface area contributed by atoms with Crippen molar-refractivity contribution in [3.63, 3.8) is 0 Å². The molecule has 114 valence electrons. The highest BCUT2D eigenvalue weighted by Crippen LogP contribution is 2.23. The molecule has 0 saturated carbocycles. The number of rotatable bonds is 5. The highest BCUT2D eigenvalue weighted by Gasteiger charge is 2.31. The van der Waals surface area contributed by atoms with Gasteiger partial charge in [-0.2, -0.15) is 4.31 Å². The SMILES string of the molecule is CCOC1CCCN(S(=O)(=O)c2cc(CO)n(C)c2)C1. The van der Waals surface area contributed by atoms with Gasteiger partial charge in [0.1, 0.15) is 4.90 Å². The van der Waals surface area contributed by atoms with Gasteiger partial charge in [-0.05, 0) is 25.8 Å². The number of nitrogens with zero attached hydrogens (tertiary/aromatic N) is 2. The molecule has 0 radical (unpaired) electrons. The van der Waals surface area contributed by atoms with E-state index in [4.69, 9.17) is 4.74 Å². The van der Waals surface area contributed by atoms with Crippen molar-refractivity contribution in [2.75, 3.05) is 19.7 Å². The van der Waals surface area contributed by atoms with Gasteiger partial charge in [-0.3, -0.25) is 0 Å². The molecule has 1 fully saturated rings. The minimum Gasteiger partial charge on any atom is -0.390 e. The van der Waals surface area contributed by atoms with Crippen molar-refractivity contribution in [2.24, 2.45) is 7.05 Å². The Morgan fingerprint density at radius 3 is 2.85 bits per heavy atom. The van der Waals surface area contributed by atoms with Crippen molar-refractivity contribution in [1.29, 1.82) is 0 Å². The number of aliphatic hydroxyl groups excluding tert-OH is 1. The zero-order valence-corrected chi connectivity index (χ0v) is 12.8. The van der Waals surface area contributed by atoms with E-state index in [0.717, 1.165) is 12.8 Å². The number of aromatic nitrogens is 1. The summed E-state index contributed by atoms with van der Waals surface area (Å²) in [4.78, 5) is 0.237. The number of sulfonamides is 1. The number of hydrogen-bond acceptors (Lipinski definition) is 4. The van der Waals surface area contributed by atoms with E-state index in [1.54, 1.807) is 17.8 Å². The molecule has 1 aliphatic rings. The van der Waals surface area contributed by atoms with E-state index >= 15 is 0 Å². The van der Waals surface area contributed by atoms with Gasteiger partial charge in [0, 0.05) is 38.6 Å². The molecule has 0 aliphatic carbocycles. The lowest BCUT2D eigenvalue weighted by atomic mass is 10.1. The Labute approximate surface area is 120 Å². The Morgan fingerprint density at radius 2 is 2.25 bits per heavy atom. The van der Waals surface area contributed by atoms with Crippen LogP contribution in [0.4, 0.5) is 0 Å². The van der Waals surface area contributed by atoms with Gasteiger partial charge in [0.2, 0.25) is 10.0 Å². The molecular formula is C13H22N2O4S. The van der Waals surface area contributed by atoms with Crippen LogP contribution in [-0.4, -0.2) is 48.2 Å². The average molecular weight is 302 g/mol. The predicted molar refractivity (Wildman–Crippen MR) is 74.7 cm³/mol. The second kappa shape index (κ2) is 6.26. The van der Waals surface area contributed by atoms with Crippen LogP contribution in [0.5, 0.6) is 0 Å². The van der Waals surface area contributed by atoms with Crippen molar-refractivity contribution in [3.8, 4) is 0 Å². The lowest BCUT2D eigenvalue weighted by molar-refractivity contribution is 0.0265. The summed E-state index contributed by atoms with van der Waals surface area (Å²) in [5, 5.41) is 9.17. The number of aryl methyl sites for hydroxylation is 1. The molecule has 1 saturated heterocycles. The Morgan fingerprint density at radius 1 is 1.50 bits per heavy atom. The molecular weight excluding hydrogens is 280 g/mol. The highest BCUT2D eigenvalue weighted by molar-refractivity contribution is 7.89. The van der Waals surface area contributed by atoms with Gasteiger partial charge in [0.25, 0.3) is 0 Å². The first-order valence-corrected chi connectivity index (χ1v) is 8.31. The topological polar surface area (TPSA) is 71.8 Å². The predicted octanol–water partition coefficient (Wildman–Crippen LogP) is 0.707. The normalized spacial score (nSPS) is 21.2. The quantitative estimate of drug-likeness (QED) is 0.869. The summed E-state index contributed by atoms with van der Waals surface area (Å²) >= 11 is 0. The first-order chi connectivity index (χ1) is 9.48. The third-order valence-electron chi connectivity index (χ3n) is 3.63. The minimum absolute atomic E-state index is 0.0236. The van der Waals surface area contributed by atoms with Crippen molar-refractivity contribution in [3.05, 3.63) is 18.0 Å². The van der Waals surface area contributed by atoms with Crippen LogP contribution in [0.3, 0.4) is 0 Å². The molecule has 7 heteroatoms. The summed E-state index contributed by atoms with van der Waals surface area (Å²) in [6.07, 6.45) is 3.23. The van der Waals surface area contributed by atoms with E-state index in [0.29, 0.717) is 25.4 Å². The molecule has 2 rings (SSSR count). The first kappa shape index (κ1) is 15.5. The van der Waals surface area contributed by atoms with E-state index in [9.17, 15) is 13.5 Å². The largest absolute Gasteiger partial charge is 0.390 e. The molecule has 6 nitrogen and oxygen atoms in total. The Kier molecular flexibility index (Phi) is 4.85. The second-order valence-electron chi connectivity index (χ2n) is 5.02. The molecule has 1 atom stereocenters. The van der Waals surface area contributed by atoms with Crippen molar-refractivity contribution >= 4 is 10.0 Å². The van der Waals surface area contributed by atoms with Crippen molar-refractivity contribution in [1.82, 2.24) is 8.87 Å². The first-order valence-electron chi connectivity index (χ1n) is 6.87. The van der Waals surface area contributed by atoms with E-state index in [2.05, 4.69) is 0 Å². The van der Waals surface area contributed by atoms with Gasteiger partial charge in [-0.1, -0.05) is 0 Å². The molecule has 0 bridgehead atoms. The average Bonchev–Trinajstić information content (AvgIpc) is 2.81. The highest BCUT2D eigenvalue weighted by atomic mass is 32.2. The van der Waals surface area contributed by atoms with Crippen LogP contribution in [0.15, 0.2) is 17.2 Å². The number of ether oxygens (including phenoxy) is 1. The molecule has 2 heterocycles. The van der Waals surface area contributed by atoms with Crippen LogP contribution in [0.25, 0.3) is 0 Å². The van der Waals surface area contributed by atoms with Crippen LogP contribution >= 0.6 is 0 Å². The van der Waals surface area contributed by atoms with E-state index in [-0.39, 0.29) is 17.6 Å². The summed E-state index contributed by atoms with van der Waals surface area (Å²) in [6.45, 7) is 3.26. The Balaban J connectivity index is 2.20. The van der Waals surface area contributed by atoms with Crippen LogP contribution in [0, 0.1) is 0 Å². The fourth-order valence-corrected chi connectivity index (χ4v) is 4.13. The molecule has 1 unspecified atom stereocenters. The maximum atomic E-state index is 12.6. The molecule has 1 aromatic heterocycles. The fraction of sp³-hybridized carbons (Fsp3) is 0.692. The van der Waals surface area contributed by atoms with Gasteiger partial charge in [-0.15, -0.1) is 0 Å². The van der Waals surface area contributed by atoms with Gasteiger partial charge in [0.15, 0.2) is 0 Å². The molecule has 0 amide bonds. The minimum atomic E-state index is -3.50. The van der Waals surface area contributed by atoms with Gasteiger partial charge in [-0.25, -0.2) is 8.42 Å². The Hall–Kier alpha value is -0.890. The lowest BCUT2D eigenvalue weighted by Gasteiger charge is -2.31. The molecule has 1 N–H and O–H groups in total. The summed E-state index contributed by atoms with van der Waals surface area (Å²) in [5.74, 6) is 0. The third-order valence-corrected chi connectivity index (χ3v) is 5.46. The molecule has 20 heavy (non-hydrogen) atoms. The van der Waals surface area contributed by atoms with Crippen molar-refractivity contribution < 1.29 is 18.3 Å². The van der Waals surface area contributed by atoms with Gasteiger partial charge >= 0.3 is 0 Å². The lowest BCUT2D eigenvalue weighted by Crippen LogP contribution is -2.43.